The molecular weight excluding hydrogens is 190 g/mol. The van der Waals surface area contributed by atoms with Crippen LogP contribution in [-0.2, 0) is 6.54 Å². The molecule has 0 unspecified atom stereocenters. The van der Waals surface area contributed by atoms with Gasteiger partial charge in [0, 0.05) is 6.54 Å². The Balaban J connectivity index is 2.53. The topological polar surface area (TPSA) is 69.6 Å². The third-order valence-electron chi connectivity index (χ3n) is 2.49. The van der Waals surface area contributed by atoms with Crippen LogP contribution in [0.1, 0.15) is 25.6 Å². The van der Waals surface area contributed by atoms with Crippen LogP contribution < -0.4 is 5.73 Å². The summed E-state index contributed by atoms with van der Waals surface area (Å²) < 4.78 is 2.09. The van der Waals surface area contributed by atoms with Crippen LogP contribution in [0, 0.1) is 6.92 Å². The molecule has 2 aromatic heterocycles. The van der Waals surface area contributed by atoms with Crippen LogP contribution in [0.15, 0.2) is 6.33 Å². The van der Waals surface area contributed by atoms with E-state index in [0.717, 1.165) is 30.9 Å². The lowest BCUT2D eigenvalue weighted by Crippen LogP contribution is -2.01. The molecule has 0 spiro atoms. The summed E-state index contributed by atoms with van der Waals surface area (Å²) in [6.07, 6.45) is 3.76. The minimum absolute atomic E-state index is 0.457. The zero-order chi connectivity index (χ0) is 10.8. The van der Waals surface area contributed by atoms with Crippen LogP contribution >= 0.6 is 0 Å². The third-order valence-corrected chi connectivity index (χ3v) is 2.49. The van der Waals surface area contributed by atoms with Gasteiger partial charge in [0.15, 0.2) is 17.0 Å². The van der Waals surface area contributed by atoms with Gasteiger partial charge < -0.3 is 10.3 Å². The first-order valence-electron chi connectivity index (χ1n) is 5.17. The molecule has 0 bridgehead atoms. The van der Waals surface area contributed by atoms with Gasteiger partial charge in [-0.3, -0.25) is 0 Å². The standard InChI is InChI=1S/C10H15N5/c1-3-4-5-15-7(2)14-8-9(11)12-6-13-10(8)15/h6H,3-5H2,1-2H3,(H2,11,12,13). The van der Waals surface area contributed by atoms with Gasteiger partial charge in [-0.1, -0.05) is 13.3 Å². The average molecular weight is 205 g/mol. The largest absolute Gasteiger partial charge is 0.382 e. The molecule has 0 aliphatic carbocycles. The van der Waals surface area contributed by atoms with Crippen molar-refractivity contribution in [2.24, 2.45) is 0 Å². The predicted octanol–water partition coefficient (Wildman–Crippen LogP) is 1.52. The number of aryl methyl sites for hydroxylation is 2. The Bertz CT molecular complexity index is 474. The molecule has 0 aliphatic heterocycles. The van der Waals surface area contributed by atoms with E-state index in [1.54, 1.807) is 0 Å². The SMILES string of the molecule is CCCCn1c(C)nc2c(N)ncnc21. The molecule has 0 amide bonds. The van der Waals surface area contributed by atoms with Gasteiger partial charge in [0.1, 0.15) is 12.2 Å². The monoisotopic (exact) mass is 205 g/mol. The highest BCUT2D eigenvalue weighted by atomic mass is 15.1. The van der Waals surface area contributed by atoms with Gasteiger partial charge >= 0.3 is 0 Å². The number of anilines is 1. The molecule has 2 rings (SSSR count). The van der Waals surface area contributed by atoms with Crippen molar-refractivity contribution in [3.05, 3.63) is 12.2 Å². The van der Waals surface area contributed by atoms with Crippen molar-refractivity contribution < 1.29 is 0 Å². The summed E-state index contributed by atoms with van der Waals surface area (Å²) in [7, 11) is 0. The summed E-state index contributed by atoms with van der Waals surface area (Å²) in [4.78, 5) is 12.5. The molecule has 2 heterocycles. The molecular formula is C10H15N5. The van der Waals surface area contributed by atoms with Crippen molar-refractivity contribution in [3.8, 4) is 0 Å². The molecule has 0 saturated heterocycles. The Hall–Kier alpha value is -1.65. The number of rotatable bonds is 3. The van der Waals surface area contributed by atoms with Crippen LogP contribution in [0.5, 0.6) is 0 Å². The second kappa shape index (κ2) is 3.84. The fraction of sp³-hybridized carbons (Fsp3) is 0.500. The van der Waals surface area contributed by atoms with E-state index in [4.69, 9.17) is 5.73 Å². The van der Waals surface area contributed by atoms with Gasteiger partial charge in [-0.2, -0.15) is 0 Å². The molecule has 2 aromatic rings. The van der Waals surface area contributed by atoms with E-state index in [9.17, 15) is 0 Å². The summed E-state index contributed by atoms with van der Waals surface area (Å²) in [5.41, 5.74) is 7.30. The van der Waals surface area contributed by atoms with Crippen molar-refractivity contribution in [1.82, 2.24) is 19.5 Å². The molecule has 80 valence electrons. The maximum absolute atomic E-state index is 5.74. The second-order valence-corrected chi connectivity index (χ2v) is 3.60. The summed E-state index contributed by atoms with van der Waals surface area (Å²) in [5, 5.41) is 0. The fourth-order valence-electron chi connectivity index (χ4n) is 1.65. The number of unbranched alkanes of at least 4 members (excludes halogenated alkanes) is 1. The van der Waals surface area contributed by atoms with Crippen molar-refractivity contribution in [2.75, 3.05) is 5.73 Å². The molecule has 0 aliphatic rings. The first-order valence-corrected chi connectivity index (χ1v) is 5.17. The Kier molecular flexibility index (Phi) is 2.53. The summed E-state index contributed by atoms with van der Waals surface area (Å²) >= 11 is 0. The predicted molar refractivity (Wildman–Crippen MR) is 59.4 cm³/mol. The summed E-state index contributed by atoms with van der Waals surface area (Å²) in [6, 6.07) is 0. The van der Waals surface area contributed by atoms with Gasteiger partial charge in [-0.05, 0) is 13.3 Å². The molecule has 0 atom stereocenters. The maximum atomic E-state index is 5.74. The molecule has 0 fully saturated rings. The Morgan fingerprint density at radius 3 is 2.93 bits per heavy atom. The molecule has 0 radical (unpaired) electrons. The first-order chi connectivity index (χ1) is 7.24. The number of hydrogen-bond donors (Lipinski definition) is 1. The molecule has 15 heavy (non-hydrogen) atoms. The maximum Gasteiger partial charge on any atom is 0.165 e. The van der Waals surface area contributed by atoms with Crippen LogP contribution in [-0.4, -0.2) is 19.5 Å². The normalized spacial score (nSPS) is 11.1. The highest BCUT2D eigenvalue weighted by Gasteiger charge is 2.10. The van der Waals surface area contributed by atoms with Crippen molar-refractivity contribution in [3.63, 3.8) is 0 Å². The Labute approximate surface area is 88.4 Å². The van der Waals surface area contributed by atoms with E-state index in [1.165, 1.54) is 6.33 Å². The molecule has 0 saturated carbocycles. The molecule has 5 nitrogen and oxygen atoms in total. The smallest absolute Gasteiger partial charge is 0.165 e. The first kappa shape index (κ1) is 9.89. The van der Waals surface area contributed by atoms with Crippen LogP contribution in [0.2, 0.25) is 0 Å². The molecule has 2 N–H and O–H groups in total. The lowest BCUT2D eigenvalue weighted by molar-refractivity contribution is 0.627. The number of hydrogen-bond acceptors (Lipinski definition) is 4. The van der Waals surface area contributed by atoms with E-state index in [-0.39, 0.29) is 0 Å². The molecule has 0 aromatic carbocycles. The Morgan fingerprint density at radius 2 is 2.20 bits per heavy atom. The number of fused-ring (bicyclic) bond motifs is 1. The van der Waals surface area contributed by atoms with E-state index in [0.29, 0.717) is 11.3 Å². The van der Waals surface area contributed by atoms with E-state index in [2.05, 4.69) is 26.4 Å². The van der Waals surface area contributed by atoms with E-state index >= 15 is 0 Å². The van der Waals surface area contributed by atoms with Crippen LogP contribution in [0.3, 0.4) is 0 Å². The molecule has 5 heteroatoms. The summed E-state index contributed by atoms with van der Waals surface area (Å²) in [5.74, 6) is 1.41. The van der Waals surface area contributed by atoms with Gasteiger partial charge in [0.2, 0.25) is 0 Å². The fourth-order valence-corrected chi connectivity index (χ4v) is 1.65. The van der Waals surface area contributed by atoms with Crippen LogP contribution in [0.25, 0.3) is 11.2 Å². The van der Waals surface area contributed by atoms with Crippen molar-refractivity contribution in [1.29, 1.82) is 0 Å². The zero-order valence-electron chi connectivity index (χ0n) is 9.06. The number of nitrogens with two attached hydrogens (primary N) is 1. The van der Waals surface area contributed by atoms with Gasteiger partial charge in [0.05, 0.1) is 0 Å². The van der Waals surface area contributed by atoms with E-state index < -0.39 is 0 Å². The van der Waals surface area contributed by atoms with E-state index in [1.807, 2.05) is 6.92 Å². The number of nitrogens with zero attached hydrogens (tertiary/aromatic N) is 4. The summed E-state index contributed by atoms with van der Waals surface area (Å²) in [6.45, 7) is 5.07. The van der Waals surface area contributed by atoms with Gasteiger partial charge in [-0.15, -0.1) is 0 Å². The minimum Gasteiger partial charge on any atom is -0.382 e. The van der Waals surface area contributed by atoms with Gasteiger partial charge in [0.25, 0.3) is 0 Å². The average Bonchev–Trinajstić information content (AvgIpc) is 2.54. The van der Waals surface area contributed by atoms with Crippen molar-refractivity contribution >= 4 is 17.0 Å². The highest BCUT2D eigenvalue weighted by molar-refractivity contribution is 5.81. The third kappa shape index (κ3) is 1.65. The zero-order valence-corrected chi connectivity index (χ0v) is 9.06. The second-order valence-electron chi connectivity index (χ2n) is 3.60. The minimum atomic E-state index is 0.457. The number of aromatic nitrogens is 4. The quantitative estimate of drug-likeness (QED) is 0.824. The lowest BCUT2D eigenvalue weighted by atomic mass is 10.3. The Morgan fingerprint density at radius 1 is 1.40 bits per heavy atom. The van der Waals surface area contributed by atoms with Crippen LogP contribution in [0.4, 0.5) is 5.82 Å². The lowest BCUT2D eigenvalue weighted by Gasteiger charge is -2.03. The number of imidazole rings is 1. The van der Waals surface area contributed by atoms with Gasteiger partial charge in [-0.25, -0.2) is 15.0 Å². The highest BCUT2D eigenvalue weighted by Crippen LogP contribution is 2.17. The van der Waals surface area contributed by atoms with Crippen molar-refractivity contribution in [2.45, 2.75) is 33.2 Å². The number of nitrogen functional groups attached to an aromatic ring is 1.